The van der Waals surface area contributed by atoms with Crippen molar-refractivity contribution in [1.82, 2.24) is 15.1 Å². The van der Waals surface area contributed by atoms with Crippen LogP contribution in [0.4, 0.5) is 0 Å². The van der Waals surface area contributed by atoms with Gasteiger partial charge in [-0.2, -0.15) is 5.10 Å². The first-order valence-electron chi connectivity index (χ1n) is 6.84. The predicted octanol–water partition coefficient (Wildman–Crippen LogP) is 2.80. The Balaban J connectivity index is 2.14. The molecule has 5 heteroatoms. The van der Waals surface area contributed by atoms with E-state index in [2.05, 4.69) is 33.3 Å². The average Bonchev–Trinajstić information content (AvgIpc) is 2.68. The molecule has 0 spiro atoms. The predicted molar refractivity (Wildman–Crippen MR) is 79.6 cm³/mol. The molecule has 1 saturated carbocycles. The van der Waals surface area contributed by atoms with Crippen molar-refractivity contribution in [2.24, 2.45) is 13.0 Å². The summed E-state index contributed by atoms with van der Waals surface area (Å²) in [5, 5.41) is 8.29. The molecule has 0 aliphatic heterocycles. The molecule has 1 aromatic rings. The molecule has 4 nitrogen and oxygen atoms in total. The minimum Gasteiger partial charge on any atom is -0.346 e. The molecule has 1 aliphatic carbocycles. The van der Waals surface area contributed by atoms with Gasteiger partial charge in [-0.3, -0.25) is 9.48 Å². The lowest BCUT2D eigenvalue weighted by Crippen LogP contribution is -2.52. The lowest BCUT2D eigenvalue weighted by Gasteiger charge is -2.39. The number of alkyl halides is 1. The Bertz CT molecular complexity index is 471. The van der Waals surface area contributed by atoms with Gasteiger partial charge < -0.3 is 5.32 Å². The molecule has 1 aliphatic rings. The number of hydrogen-bond donors (Lipinski definition) is 1. The van der Waals surface area contributed by atoms with Gasteiger partial charge in [-0.15, -0.1) is 0 Å². The fraction of sp³-hybridized carbons (Fsp3) is 0.714. The summed E-state index contributed by atoms with van der Waals surface area (Å²) in [5.74, 6) is 0.667. The maximum Gasteiger partial charge on any atom is 0.255 e. The maximum atomic E-state index is 12.4. The van der Waals surface area contributed by atoms with Crippen molar-refractivity contribution in [1.29, 1.82) is 0 Å². The summed E-state index contributed by atoms with van der Waals surface area (Å²) >= 11 is 3.58. The van der Waals surface area contributed by atoms with Gasteiger partial charge in [0.25, 0.3) is 5.91 Å². The molecule has 0 aromatic carbocycles. The van der Waals surface area contributed by atoms with E-state index < -0.39 is 0 Å². The quantitative estimate of drug-likeness (QED) is 0.868. The summed E-state index contributed by atoms with van der Waals surface area (Å²) in [6.45, 7) is 4.14. The van der Waals surface area contributed by atoms with Crippen LogP contribution in [0.25, 0.3) is 0 Å². The number of aromatic nitrogens is 2. The van der Waals surface area contributed by atoms with Crippen LogP contribution in [0.1, 0.15) is 48.7 Å². The van der Waals surface area contributed by atoms with Gasteiger partial charge >= 0.3 is 0 Å². The second-order valence-corrected chi connectivity index (χ2v) is 6.43. The Hall–Kier alpha value is -0.840. The van der Waals surface area contributed by atoms with E-state index in [1.165, 1.54) is 12.8 Å². The van der Waals surface area contributed by atoms with Gasteiger partial charge in [-0.25, -0.2) is 0 Å². The van der Waals surface area contributed by atoms with Crippen molar-refractivity contribution < 1.29 is 4.79 Å². The maximum absolute atomic E-state index is 12.4. The number of aryl methyl sites for hydroxylation is 2. The van der Waals surface area contributed by atoms with Crippen molar-refractivity contribution >= 4 is 21.8 Å². The molecule has 1 N–H and O–H groups in total. The van der Waals surface area contributed by atoms with Gasteiger partial charge in [-0.1, -0.05) is 35.7 Å². The number of amides is 1. The SMILES string of the molecule is Cc1nn(C)cc1C(=O)NC1(CBr)CCCC(C)C1. The second-order valence-electron chi connectivity index (χ2n) is 5.87. The van der Waals surface area contributed by atoms with E-state index in [4.69, 9.17) is 0 Å². The highest BCUT2D eigenvalue weighted by Crippen LogP contribution is 2.33. The van der Waals surface area contributed by atoms with E-state index >= 15 is 0 Å². The van der Waals surface area contributed by atoms with Crippen LogP contribution in [0.3, 0.4) is 0 Å². The van der Waals surface area contributed by atoms with Crippen molar-refractivity contribution in [3.8, 4) is 0 Å². The Morgan fingerprint density at radius 3 is 2.95 bits per heavy atom. The summed E-state index contributed by atoms with van der Waals surface area (Å²) in [5.41, 5.74) is 1.37. The molecule has 1 fully saturated rings. The Morgan fingerprint density at radius 1 is 1.68 bits per heavy atom. The summed E-state index contributed by atoms with van der Waals surface area (Å²) in [4.78, 5) is 12.4. The van der Waals surface area contributed by atoms with Gasteiger partial charge in [0.05, 0.1) is 16.8 Å². The lowest BCUT2D eigenvalue weighted by atomic mass is 9.77. The third-order valence-electron chi connectivity index (χ3n) is 3.98. The zero-order valence-electron chi connectivity index (χ0n) is 11.9. The highest BCUT2D eigenvalue weighted by Gasteiger charge is 2.36. The van der Waals surface area contributed by atoms with E-state index in [0.29, 0.717) is 11.5 Å². The van der Waals surface area contributed by atoms with E-state index in [-0.39, 0.29) is 11.4 Å². The van der Waals surface area contributed by atoms with Crippen LogP contribution < -0.4 is 5.32 Å². The minimum atomic E-state index is -0.100. The number of hydrogen-bond acceptors (Lipinski definition) is 2. The molecule has 19 heavy (non-hydrogen) atoms. The molecular weight excluding hydrogens is 306 g/mol. The third-order valence-corrected chi connectivity index (χ3v) is 5.06. The highest BCUT2D eigenvalue weighted by atomic mass is 79.9. The number of nitrogens with zero attached hydrogens (tertiary/aromatic N) is 2. The molecule has 1 aromatic heterocycles. The first-order valence-corrected chi connectivity index (χ1v) is 7.97. The van der Waals surface area contributed by atoms with Gasteiger partial charge in [0.15, 0.2) is 0 Å². The first-order chi connectivity index (χ1) is 8.96. The molecule has 1 amide bonds. The Morgan fingerprint density at radius 2 is 2.42 bits per heavy atom. The number of halogens is 1. The van der Waals surface area contributed by atoms with Crippen LogP contribution in [0.5, 0.6) is 0 Å². The van der Waals surface area contributed by atoms with Crippen LogP contribution in [0.15, 0.2) is 6.20 Å². The molecule has 2 rings (SSSR count). The zero-order valence-corrected chi connectivity index (χ0v) is 13.5. The first kappa shape index (κ1) is 14.6. The van der Waals surface area contributed by atoms with Crippen LogP contribution >= 0.6 is 15.9 Å². The minimum absolute atomic E-state index is 0.000787. The number of carbonyl (C=O) groups is 1. The van der Waals surface area contributed by atoms with Crippen molar-refractivity contribution in [2.45, 2.75) is 45.1 Å². The van der Waals surface area contributed by atoms with Crippen molar-refractivity contribution in [2.75, 3.05) is 5.33 Å². The van der Waals surface area contributed by atoms with Crippen LogP contribution in [0, 0.1) is 12.8 Å². The van der Waals surface area contributed by atoms with Crippen LogP contribution in [0.2, 0.25) is 0 Å². The van der Waals surface area contributed by atoms with Gasteiger partial charge in [0, 0.05) is 18.6 Å². The largest absolute Gasteiger partial charge is 0.346 e. The molecule has 0 saturated heterocycles. The molecular formula is C14H22BrN3O. The summed E-state index contributed by atoms with van der Waals surface area (Å²) in [7, 11) is 1.84. The normalized spacial score (nSPS) is 27.3. The van der Waals surface area contributed by atoms with Gasteiger partial charge in [-0.05, 0) is 25.7 Å². The highest BCUT2D eigenvalue weighted by molar-refractivity contribution is 9.09. The Kier molecular flexibility index (Phi) is 4.33. The summed E-state index contributed by atoms with van der Waals surface area (Å²) in [6.07, 6.45) is 6.32. The fourth-order valence-electron chi connectivity index (χ4n) is 3.06. The van der Waals surface area contributed by atoms with Gasteiger partial charge in [0.1, 0.15) is 0 Å². The van der Waals surface area contributed by atoms with E-state index in [0.717, 1.165) is 23.9 Å². The average molecular weight is 328 g/mol. The van der Waals surface area contributed by atoms with Crippen LogP contribution in [-0.4, -0.2) is 26.6 Å². The molecule has 106 valence electrons. The van der Waals surface area contributed by atoms with E-state index in [1.54, 1.807) is 10.9 Å². The fourth-order valence-corrected chi connectivity index (χ4v) is 3.71. The molecule has 1 heterocycles. The lowest BCUT2D eigenvalue weighted by molar-refractivity contribution is 0.0869. The standard InChI is InChI=1S/C14H22BrN3O/c1-10-5-4-6-14(7-10,9-15)16-13(19)12-8-18(3)17-11(12)2/h8,10H,4-7,9H2,1-3H3,(H,16,19). The third kappa shape index (κ3) is 3.19. The topological polar surface area (TPSA) is 46.9 Å². The molecule has 0 radical (unpaired) electrons. The number of rotatable bonds is 3. The zero-order chi connectivity index (χ0) is 14.0. The second kappa shape index (κ2) is 5.65. The van der Waals surface area contributed by atoms with E-state index in [9.17, 15) is 4.79 Å². The van der Waals surface area contributed by atoms with Gasteiger partial charge in [0.2, 0.25) is 0 Å². The Labute approximate surface area is 123 Å². The number of carbonyl (C=O) groups excluding carboxylic acids is 1. The monoisotopic (exact) mass is 327 g/mol. The van der Waals surface area contributed by atoms with Crippen molar-refractivity contribution in [3.05, 3.63) is 17.5 Å². The summed E-state index contributed by atoms with van der Waals surface area (Å²) in [6, 6.07) is 0. The smallest absolute Gasteiger partial charge is 0.255 e. The summed E-state index contributed by atoms with van der Waals surface area (Å²) < 4.78 is 1.69. The van der Waals surface area contributed by atoms with E-state index in [1.807, 2.05) is 14.0 Å². The molecule has 2 unspecified atom stereocenters. The molecule has 0 bridgehead atoms. The van der Waals surface area contributed by atoms with Crippen LogP contribution in [-0.2, 0) is 7.05 Å². The molecule has 2 atom stereocenters. The van der Waals surface area contributed by atoms with Crippen molar-refractivity contribution in [3.63, 3.8) is 0 Å². The number of nitrogens with one attached hydrogen (secondary N) is 1.